The molecule has 0 radical (unpaired) electrons. The predicted octanol–water partition coefficient (Wildman–Crippen LogP) is 3.75. The van der Waals surface area contributed by atoms with E-state index in [1.807, 2.05) is 0 Å². The number of carbonyl (C=O) groups is 2. The van der Waals surface area contributed by atoms with Gasteiger partial charge in [-0.05, 0) is 61.2 Å². The molecular weight excluding hydrogens is 390 g/mol. The van der Waals surface area contributed by atoms with E-state index in [-0.39, 0.29) is 11.0 Å². The Morgan fingerprint density at radius 2 is 2.15 bits per heavy atom. The predicted molar refractivity (Wildman–Crippen MR) is 109 cm³/mol. The van der Waals surface area contributed by atoms with Gasteiger partial charge in [0.15, 0.2) is 5.11 Å². The van der Waals surface area contributed by atoms with Crippen molar-refractivity contribution in [1.82, 2.24) is 5.32 Å². The fraction of sp³-hybridized carbons (Fsp3) is 0.278. The van der Waals surface area contributed by atoms with Gasteiger partial charge in [0.1, 0.15) is 5.00 Å². The highest BCUT2D eigenvalue weighted by Gasteiger charge is 2.27. The molecule has 1 aromatic heterocycles. The lowest BCUT2D eigenvalue weighted by Crippen LogP contribution is -2.34. The molecule has 136 valence electrons. The van der Waals surface area contributed by atoms with Gasteiger partial charge in [0.05, 0.1) is 5.56 Å². The van der Waals surface area contributed by atoms with Crippen LogP contribution in [-0.4, -0.2) is 16.9 Å². The maximum absolute atomic E-state index is 12.3. The molecule has 1 aliphatic rings. The third-order valence-electron chi connectivity index (χ3n) is 4.30. The maximum Gasteiger partial charge on any atom is 0.257 e. The molecule has 1 atom stereocenters. The van der Waals surface area contributed by atoms with E-state index in [9.17, 15) is 9.59 Å². The number of thiophene rings is 1. The third kappa shape index (κ3) is 4.06. The molecule has 0 unspecified atom stereocenters. The average molecular weight is 408 g/mol. The normalized spacial score (nSPS) is 15.8. The van der Waals surface area contributed by atoms with Gasteiger partial charge in [-0.2, -0.15) is 0 Å². The second-order valence-corrected chi connectivity index (χ2v) is 8.29. The van der Waals surface area contributed by atoms with Crippen molar-refractivity contribution in [3.63, 3.8) is 0 Å². The largest absolute Gasteiger partial charge is 0.365 e. The van der Waals surface area contributed by atoms with Crippen LogP contribution in [0.15, 0.2) is 24.3 Å². The Labute approximate surface area is 165 Å². The number of anilines is 1. The molecule has 5 nitrogen and oxygen atoms in total. The number of hydrogen-bond donors (Lipinski definition) is 3. The standard InChI is InChI=1S/C18H18ClN3O2S2/c1-9-5-6-12-13(7-9)26-17(14(12)15(20)23)22-18(25)21-16(24)10-3-2-4-11(19)8-10/h2-4,8-9H,5-7H2,1H3,(H2,20,23)(H2,21,22,24,25)/t9-/m1/s1. The summed E-state index contributed by atoms with van der Waals surface area (Å²) in [6.45, 7) is 2.19. The topological polar surface area (TPSA) is 84.2 Å². The molecule has 4 N–H and O–H groups in total. The highest BCUT2D eigenvalue weighted by atomic mass is 35.5. The Hall–Kier alpha value is -1.96. The lowest BCUT2D eigenvalue weighted by molar-refractivity contribution is 0.0975. The van der Waals surface area contributed by atoms with Gasteiger partial charge in [-0.3, -0.25) is 14.9 Å². The van der Waals surface area contributed by atoms with E-state index in [0.717, 1.165) is 29.7 Å². The van der Waals surface area contributed by atoms with Crippen molar-refractivity contribution < 1.29 is 9.59 Å². The minimum absolute atomic E-state index is 0.115. The summed E-state index contributed by atoms with van der Waals surface area (Å²) >= 11 is 12.6. The SMILES string of the molecule is C[C@@H]1CCc2c(sc(NC(=S)NC(=O)c3cccc(Cl)c3)c2C(N)=O)C1. The highest BCUT2D eigenvalue weighted by molar-refractivity contribution is 7.80. The fourth-order valence-corrected chi connectivity index (χ4v) is 4.91. The summed E-state index contributed by atoms with van der Waals surface area (Å²) in [6.07, 6.45) is 2.78. The lowest BCUT2D eigenvalue weighted by atomic mass is 9.88. The first-order valence-electron chi connectivity index (χ1n) is 8.17. The number of carbonyl (C=O) groups excluding carboxylic acids is 2. The van der Waals surface area contributed by atoms with Crippen LogP contribution in [0, 0.1) is 5.92 Å². The van der Waals surface area contributed by atoms with E-state index in [1.54, 1.807) is 24.3 Å². The minimum Gasteiger partial charge on any atom is -0.365 e. The molecule has 0 spiro atoms. The second kappa shape index (κ2) is 7.73. The van der Waals surface area contributed by atoms with Crippen LogP contribution in [0.3, 0.4) is 0 Å². The van der Waals surface area contributed by atoms with Gasteiger partial charge in [0.2, 0.25) is 0 Å². The van der Waals surface area contributed by atoms with Crippen LogP contribution in [0.2, 0.25) is 5.02 Å². The van der Waals surface area contributed by atoms with Crippen LogP contribution >= 0.6 is 35.2 Å². The number of amides is 2. The number of halogens is 1. The van der Waals surface area contributed by atoms with Crippen molar-refractivity contribution in [1.29, 1.82) is 0 Å². The van der Waals surface area contributed by atoms with Gasteiger partial charge in [0, 0.05) is 15.5 Å². The number of hydrogen-bond acceptors (Lipinski definition) is 4. The summed E-state index contributed by atoms with van der Waals surface area (Å²) in [4.78, 5) is 25.4. The zero-order chi connectivity index (χ0) is 18.8. The molecule has 1 heterocycles. The summed E-state index contributed by atoms with van der Waals surface area (Å²) in [7, 11) is 0. The van der Waals surface area contributed by atoms with Crippen molar-refractivity contribution in [3.8, 4) is 0 Å². The number of nitrogens with one attached hydrogen (secondary N) is 2. The zero-order valence-corrected chi connectivity index (χ0v) is 16.5. The van der Waals surface area contributed by atoms with E-state index >= 15 is 0 Å². The Morgan fingerprint density at radius 1 is 1.38 bits per heavy atom. The quantitative estimate of drug-likeness (QED) is 0.676. The molecule has 0 saturated carbocycles. The van der Waals surface area contributed by atoms with Gasteiger partial charge in [-0.25, -0.2) is 0 Å². The Bertz CT molecular complexity index is 895. The van der Waals surface area contributed by atoms with Crippen molar-refractivity contribution in [2.75, 3.05) is 5.32 Å². The van der Waals surface area contributed by atoms with Gasteiger partial charge in [0.25, 0.3) is 11.8 Å². The molecule has 0 bridgehead atoms. The Morgan fingerprint density at radius 3 is 2.85 bits per heavy atom. The van der Waals surface area contributed by atoms with Crippen LogP contribution in [-0.2, 0) is 12.8 Å². The Kier molecular flexibility index (Phi) is 5.60. The van der Waals surface area contributed by atoms with Crippen LogP contribution in [0.4, 0.5) is 5.00 Å². The second-order valence-electron chi connectivity index (χ2n) is 6.34. The molecule has 2 aromatic rings. The summed E-state index contributed by atoms with van der Waals surface area (Å²) in [6, 6.07) is 6.57. The minimum atomic E-state index is -0.483. The molecule has 1 aromatic carbocycles. The first-order valence-corrected chi connectivity index (χ1v) is 9.77. The molecule has 0 fully saturated rings. The van der Waals surface area contributed by atoms with Crippen molar-refractivity contribution in [2.24, 2.45) is 11.7 Å². The smallest absolute Gasteiger partial charge is 0.257 e. The molecule has 2 amide bonds. The maximum atomic E-state index is 12.3. The number of fused-ring (bicyclic) bond motifs is 1. The third-order valence-corrected chi connectivity index (χ3v) is 5.91. The van der Waals surface area contributed by atoms with Crippen molar-refractivity contribution in [3.05, 3.63) is 50.9 Å². The van der Waals surface area contributed by atoms with Gasteiger partial charge in [-0.1, -0.05) is 24.6 Å². The first-order chi connectivity index (χ1) is 12.3. The van der Waals surface area contributed by atoms with E-state index < -0.39 is 5.91 Å². The fourth-order valence-electron chi connectivity index (χ4n) is 3.04. The summed E-state index contributed by atoms with van der Waals surface area (Å²) in [5, 5.41) is 6.74. The van der Waals surface area contributed by atoms with Crippen LogP contribution in [0.5, 0.6) is 0 Å². The molecule has 3 rings (SSSR count). The number of rotatable bonds is 3. The molecular formula is C18H18ClN3O2S2. The van der Waals surface area contributed by atoms with E-state index in [0.29, 0.717) is 27.1 Å². The van der Waals surface area contributed by atoms with Crippen LogP contribution < -0.4 is 16.4 Å². The monoisotopic (exact) mass is 407 g/mol. The zero-order valence-electron chi connectivity index (χ0n) is 14.1. The molecule has 0 saturated heterocycles. The summed E-state index contributed by atoms with van der Waals surface area (Å²) < 4.78 is 0. The first kappa shape index (κ1) is 18.8. The van der Waals surface area contributed by atoms with E-state index in [4.69, 9.17) is 29.6 Å². The van der Waals surface area contributed by atoms with Crippen LogP contribution in [0.1, 0.15) is 44.5 Å². The summed E-state index contributed by atoms with van der Waals surface area (Å²) in [5.74, 6) is -0.284. The molecule has 0 aliphatic heterocycles. The number of nitrogens with two attached hydrogens (primary N) is 1. The van der Waals surface area contributed by atoms with Crippen LogP contribution in [0.25, 0.3) is 0 Å². The highest BCUT2D eigenvalue weighted by Crippen LogP contribution is 2.39. The van der Waals surface area contributed by atoms with Gasteiger partial charge < -0.3 is 11.1 Å². The number of primary amides is 1. The van der Waals surface area contributed by atoms with Gasteiger partial charge in [-0.15, -0.1) is 11.3 Å². The Balaban J connectivity index is 1.77. The van der Waals surface area contributed by atoms with Gasteiger partial charge >= 0.3 is 0 Å². The van der Waals surface area contributed by atoms with Crippen molar-refractivity contribution >= 4 is 57.1 Å². The van der Waals surface area contributed by atoms with E-state index in [1.165, 1.54) is 11.3 Å². The average Bonchev–Trinajstić information content (AvgIpc) is 2.91. The molecule has 1 aliphatic carbocycles. The number of thiocarbonyl (C=S) groups is 1. The van der Waals surface area contributed by atoms with E-state index in [2.05, 4.69) is 17.6 Å². The number of benzene rings is 1. The molecule has 8 heteroatoms. The summed E-state index contributed by atoms with van der Waals surface area (Å²) in [5.41, 5.74) is 7.47. The van der Waals surface area contributed by atoms with Crippen molar-refractivity contribution in [2.45, 2.75) is 26.2 Å². The molecule has 26 heavy (non-hydrogen) atoms. The lowest BCUT2D eigenvalue weighted by Gasteiger charge is -2.18.